The Bertz CT molecular complexity index is 263. The highest BCUT2D eigenvalue weighted by Gasteiger charge is 2.00. The quantitative estimate of drug-likeness (QED) is 0.863. The van der Waals surface area contributed by atoms with Crippen molar-refractivity contribution in [2.75, 3.05) is 13.2 Å². The zero-order valence-electron chi connectivity index (χ0n) is 7.53. The van der Waals surface area contributed by atoms with Crippen LogP contribution < -0.4 is 4.74 Å². The largest absolute Gasteiger partial charge is 0.493 e. The molecule has 0 radical (unpaired) electrons. The molecule has 0 aliphatic heterocycles. The molecule has 0 spiro atoms. The van der Waals surface area contributed by atoms with Crippen molar-refractivity contribution in [1.29, 1.82) is 0 Å². The molecule has 0 amide bonds. The third-order valence-corrected chi connectivity index (χ3v) is 2.31. The van der Waals surface area contributed by atoms with E-state index in [0.29, 0.717) is 6.61 Å². The molecule has 13 heavy (non-hydrogen) atoms. The smallest absolute Gasteiger partial charge is 0.120 e. The molecule has 0 bridgehead atoms. The average molecular weight is 292 g/mol. The molecular formula is C10H13IO2. The lowest BCUT2D eigenvalue weighted by atomic mass is 10.2. The van der Waals surface area contributed by atoms with Crippen LogP contribution in [0.4, 0.5) is 0 Å². The van der Waals surface area contributed by atoms with Gasteiger partial charge >= 0.3 is 0 Å². The summed E-state index contributed by atoms with van der Waals surface area (Å²) in [5.41, 5.74) is 0. The highest BCUT2D eigenvalue weighted by molar-refractivity contribution is 14.1. The Morgan fingerprint density at radius 1 is 1.54 bits per heavy atom. The first kappa shape index (κ1) is 10.8. The normalized spacial score (nSPS) is 12.5. The number of aliphatic hydroxyl groups excluding tert-OH is 1. The Kier molecular flexibility index (Phi) is 4.52. The molecule has 2 nitrogen and oxygen atoms in total. The van der Waals surface area contributed by atoms with Gasteiger partial charge in [-0.15, -0.1) is 0 Å². The molecule has 1 atom stereocenters. The van der Waals surface area contributed by atoms with Crippen molar-refractivity contribution in [2.45, 2.75) is 6.92 Å². The fourth-order valence-corrected chi connectivity index (χ4v) is 1.36. The molecular weight excluding hydrogens is 279 g/mol. The summed E-state index contributed by atoms with van der Waals surface area (Å²) < 4.78 is 6.63. The molecule has 1 aromatic carbocycles. The van der Waals surface area contributed by atoms with E-state index in [2.05, 4.69) is 22.6 Å². The molecule has 0 saturated heterocycles. The summed E-state index contributed by atoms with van der Waals surface area (Å²) in [5.74, 6) is 1.06. The lowest BCUT2D eigenvalue weighted by molar-refractivity contribution is 0.174. The molecule has 0 saturated carbocycles. The van der Waals surface area contributed by atoms with Gasteiger partial charge in [-0.05, 0) is 40.8 Å². The third-order valence-electron chi connectivity index (χ3n) is 1.64. The molecule has 1 unspecified atom stereocenters. The van der Waals surface area contributed by atoms with Crippen LogP contribution >= 0.6 is 22.6 Å². The number of benzene rings is 1. The van der Waals surface area contributed by atoms with E-state index in [-0.39, 0.29) is 12.5 Å². The van der Waals surface area contributed by atoms with Gasteiger partial charge in [0, 0.05) is 16.1 Å². The van der Waals surface area contributed by atoms with Gasteiger partial charge in [-0.2, -0.15) is 0 Å². The molecule has 3 heteroatoms. The molecule has 1 aromatic rings. The summed E-state index contributed by atoms with van der Waals surface area (Å²) in [5, 5.41) is 8.79. The molecule has 72 valence electrons. The molecule has 0 heterocycles. The van der Waals surface area contributed by atoms with E-state index in [1.807, 2.05) is 31.2 Å². The molecule has 1 rings (SSSR count). The van der Waals surface area contributed by atoms with Gasteiger partial charge in [0.05, 0.1) is 6.61 Å². The van der Waals surface area contributed by atoms with Crippen molar-refractivity contribution in [2.24, 2.45) is 5.92 Å². The number of halogens is 1. The van der Waals surface area contributed by atoms with Crippen LogP contribution in [0.3, 0.4) is 0 Å². The van der Waals surface area contributed by atoms with Crippen molar-refractivity contribution in [1.82, 2.24) is 0 Å². The minimum absolute atomic E-state index is 0.171. The summed E-state index contributed by atoms with van der Waals surface area (Å²) in [6.07, 6.45) is 0. The van der Waals surface area contributed by atoms with Crippen LogP contribution in [-0.2, 0) is 0 Å². The molecule has 0 aliphatic carbocycles. The van der Waals surface area contributed by atoms with Gasteiger partial charge in [0.2, 0.25) is 0 Å². The van der Waals surface area contributed by atoms with Gasteiger partial charge in [-0.1, -0.05) is 13.0 Å². The topological polar surface area (TPSA) is 29.5 Å². The maximum absolute atomic E-state index is 8.79. The van der Waals surface area contributed by atoms with Crippen molar-refractivity contribution in [3.8, 4) is 5.75 Å². The first-order valence-electron chi connectivity index (χ1n) is 4.21. The zero-order valence-corrected chi connectivity index (χ0v) is 9.69. The van der Waals surface area contributed by atoms with Gasteiger partial charge in [0.15, 0.2) is 0 Å². The second kappa shape index (κ2) is 5.44. The van der Waals surface area contributed by atoms with Crippen molar-refractivity contribution in [3.05, 3.63) is 27.8 Å². The first-order valence-corrected chi connectivity index (χ1v) is 5.29. The van der Waals surface area contributed by atoms with E-state index in [0.717, 1.165) is 9.32 Å². The Morgan fingerprint density at radius 2 is 2.31 bits per heavy atom. The van der Waals surface area contributed by atoms with E-state index in [9.17, 15) is 0 Å². The summed E-state index contributed by atoms with van der Waals surface area (Å²) >= 11 is 2.24. The van der Waals surface area contributed by atoms with E-state index in [1.54, 1.807) is 0 Å². The molecule has 1 N–H and O–H groups in total. The zero-order chi connectivity index (χ0) is 9.68. The Labute approximate surface area is 92.1 Å². The number of hydrogen-bond donors (Lipinski definition) is 1. The summed E-state index contributed by atoms with van der Waals surface area (Å²) in [6, 6.07) is 7.88. The lowest BCUT2D eigenvalue weighted by Gasteiger charge is -2.10. The minimum Gasteiger partial charge on any atom is -0.493 e. The van der Waals surface area contributed by atoms with Crippen LogP contribution in [0.2, 0.25) is 0 Å². The third kappa shape index (κ3) is 3.95. The Balaban J connectivity index is 2.45. The number of ether oxygens (including phenoxy) is 1. The Hall–Kier alpha value is -0.290. The summed E-state index contributed by atoms with van der Waals surface area (Å²) in [7, 11) is 0. The van der Waals surface area contributed by atoms with Crippen molar-refractivity contribution >= 4 is 22.6 Å². The van der Waals surface area contributed by atoms with Gasteiger partial charge in [0.25, 0.3) is 0 Å². The fourth-order valence-electron chi connectivity index (χ4n) is 0.848. The highest BCUT2D eigenvalue weighted by atomic mass is 127. The molecule has 0 aliphatic rings. The van der Waals surface area contributed by atoms with Crippen LogP contribution in [0.5, 0.6) is 5.75 Å². The minimum atomic E-state index is 0.171. The van der Waals surface area contributed by atoms with Crippen molar-refractivity contribution < 1.29 is 9.84 Å². The van der Waals surface area contributed by atoms with Gasteiger partial charge in [-0.3, -0.25) is 0 Å². The van der Waals surface area contributed by atoms with E-state index in [1.165, 1.54) is 0 Å². The van der Waals surface area contributed by atoms with Crippen LogP contribution in [-0.4, -0.2) is 18.3 Å². The van der Waals surface area contributed by atoms with E-state index >= 15 is 0 Å². The van der Waals surface area contributed by atoms with E-state index in [4.69, 9.17) is 9.84 Å². The predicted molar refractivity (Wildman–Crippen MR) is 60.9 cm³/mol. The maximum atomic E-state index is 8.79. The van der Waals surface area contributed by atoms with Crippen LogP contribution in [0.15, 0.2) is 24.3 Å². The predicted octanol–water partition coefficient (Wildman–Crippen LogP) is 2.30. The second-order valence-electron chi connectivity index (χ2n) is 3.06. The fraction of sp³-hybridized carbons (Fsp3) is 0.400. The average Bonchev–Trinajstić information content (AvgIpc) is 2.14. The number of aliphatic hydroxyl groups is 1. The summed E-state index contributed by atoms with van der Waals surface area (Å²) in [6.45, 7) is 2.69. The molecule has 0 fully saturated rings. The highest BCUT2D eigenvalue weighted by Crippen LogP contribution is 2.15. The molecule has 0 aromatic heterocycles. The SMILES string of the molecule is CC(CO)COc1cccc(I)c1. The van der Waals surface area contributed by atoms with Crippen LogP contribution in [0.25, 0.3) is 0 Å². The van der Waals surface area contributed by atoms with Crippen LogP contribution in [0, 0.1) is 9.49 Å². The van der Waals surface area contributed by atoms with Gasteiger partial charge in [0.1, 0.15) is 5.75 Å². The standard InChI is InChI=1S/C10H13IO2/c1-8(6-12)7-13-10-4-2-3-9(11)5-10/h2-5,8,12H,6-7H2,1H3. The second-order valence-corrected chi connectivity index (χ2v) is 4.30. The first-order chi connectivity index (χ1) is 6.22. The van der Waals surface area contributed by atoms with Gasteiger partial charge < -0.3 is 9.84 Å². The van der Waals surface area contributed by atoms with Crippen molar-refractivity contribution in [3.63, 3.8) is 0 Å². The van der Waals surface area contributed by atoms with Crippen LogP contribution in [0.1, 0.15) is 6.92 Å². The lowest BCUT2D eigenvalue weighted by Crippen LogP contribution is -2.12. The summed E-state index contributed by atoms with van der Waals surface area (Å²) in [4.78, 5) is 0. The van der Waals surface area contributed by atoms with Gasteiger partial charge in [-0.25, -0.2) is 0 Å². The van der Waals surface area contributed by atoms with E-state index < -0.39 is 0 Å². The number of hydrogen-bond acceptors (Lipinski definition) is 2. The monoisotopic (exact) mass is 292 g/mol. The number of rotatable bonds is 4. The Morgan fingerprint density at radius 3 is 2.92 bits per heavy atom. The maximum Gasteiger partial charge on any atom is 0.120 e.